The zero-order valence-electron chi connectivity index (χ0n) is 35.4. The number of esters is 1. The SMILES string of the molecule is COc1ccc(C(=O)Oc2ccc3c4c2OC2C(=O)CC[C@@]5(O)[C@@H](C3)N(CC3CC3)C[C@]425)cc1.O=C1CC[C@@]2(O)[C@H]3Cc4ccc(O)c5c4[C@@]2(CN3CC2CC2)C1O5.O=CO[O-].[Na+]. The molecule has 4 bridgehead atoms. The fourth-order valence-corrected chi connectivity index (χ4v) is 13.0. The minimum Gasteiger partial charge on any atom is -0.662 e. The Morgan fingerprint density at radius 1 is 0.794 bits per heavy atom. The molecule has 3 aromatic carbocycles. The number of rotatable bonds is 8. The van der Waals surface area contributed by atoms with Crippen LogP contribution in [0.4, 0.5) is 0 Å². The number of nitrogens with zero attached hydrogens (tertiary/aromatic N) is 2. The van der Waals surface area contributed by atoms with Gasteiger partial charge in [-0.1, -0.05) is 12.1 Å². The summed E-state index contributed by atoms with van der Waals surface area (Å²) in [7, 11) is 1.57. The third kappa shape index (κ3) is 6.06. The van der Waals surface area contributed by atoms with Crippen molar-refractivity contribution in [2.75, 3.05) is 33.3 Å². The van der Waals surface area contributed by atoms with E-state index in [-0.39, 0.29) is 65.4 Å². The van der Waals surface area contributed by atoms with E-state index in [1.54, 1.807) is 43.5 Å². The average molecular weight is 873 g/mol. The van der Waals surface area contributed by atoms with Crippen molar-refractivity contribution in [2.45, 2.75) is 111 Å². The first-order valence-corrected chi connectivity index (χ1v) is 21.8. The van der Waals surface area contributed by atoms with Gasteiger partial charge in [0.25, 0.3) is 6.47 Å². The number of carbonyl (C=O) groups excluding carboxylic acids is 4. The summed E-state index contributed by atoms with van der Waals surface area (Å²) in [4.78, 5) is 54.8. The van der Waals surface area contributed by atoms with Crippen LogP contribution in [0.15, 0.2) is 48.5 Å². The van der Waals surface area contributed by atoms with Crippen molar-refractivity contribution >= 4 is 24.0 Å². The fraction of sp³-hybridized carbons (Fsp3) is 0.532. The number of benzene rings is 3. The molecule has 2 spiro atoms. The van der Waals surface area contributed by atoms with E-state index >= 15 is 0 Å². The zero-order valence-corrected chi connectivity index (χ0v) is 37.4. The van der Waals surface area contributed by atoms with Crippen LogP contribution >= 0.6 is 0 Å². The van der Waals surface area contributed by atoms with Gasteiger partial charge in [-0.15, -0.1) is 0 Å². The van der Waals surface area contributed by atoms with E-state index in [9.17, 15) is 29.7 Å². The van der Waals surface area contributed by atoms with Crippen LogP contribution < -0.4 is 53.8 Å². The number of likely N-dealkylation sites (tertiary alicyclic amines) is 2. The van der Waals surface area contributed by atoms with Gasteiger partial charge in [-0.05, 0) is 111 Å². The second kappa shape index (κ2) is 15.3. The van der Waals surface area contributed by atoms with Crippen molar-refractivity contribution in [3.63, 3.8) is 0 Å². The van der Waals surface area contributed by atoms with Crippen molar-refractivity contribution in [3.05, 3.63) is 76.3 Å². The second-order valence-electron chi connectivity index (χ2n) is 19.1. The van der Waals surface area contributed by atoms with E-state index < -0.39 is 40.2 Å². The number of hydrogen-bond acceptors (Lipinski definition) is 15. The van der Waals surface area contributed by atoms with Crippen molar-refractivity contribution in [3.8, 4) is 28.7 Å². The minimum atomic E-state index is -1.02. The molecular weight excluding hydrogens is 824 g/mol. The number of aromatic hydroxyl groups is 1. The third-order valence-electron chi connectivity index (χ3n) is 16.0. The first-order chi connectivity index (χ1) is 29.9. The monoisotopic (exact) mass is 872 g/mol. The van der Waals surface area contributed by atoms with Gasteiger partial charge >= 0.3 is 35.5 Å². The molecule has 0 aromatic heterocycles. The Bertz CT molecular complexity index is 2410. The van der Waals surface area contributed by atoms with Gasteiger partial charge in [0.2, 0.25) is 0 Å². The molecule has 16 heteroatoms. The van der Waals surface area contributed by atoms with Gasteiger partial charge in [0.15, 0.2) is 46.8 Å². The summed E-state index contributed by atoms with van der Waals surface area (Å²) in [5, 5.41) is 42.7. The van der Waals surface area contributed by atoms with E-state index in [0.29, 0.717) is 79.7 Å². The molecule has 63 heavy (non-hydrogen) atoms. The van der Waals surface area contributed by atoms with E-state index in [1.165, 1.54) is 25.7 Å². The number of hydrogen-bond donors (Lipinski definition) is 3. The molecule has 4 saturated carbocycles. The zero-order chi connectivity index (χ0) is 42.9. The van der Waals surface area contributed by atoms with Crippen LogP contribution in [0.5, 0.6) is 28.7 Å². The molecule has 0 amide bonds. The molecule has 0 radical (unpaired) electrons. The standard InChI is InChI=1S/C27H27NO6.C19H21NO4.CH2O3.Na/c1-32-18-7-4-16(5-8-18)25(30)33-20-9-6-17-12-21-27(31)11-10-19(29)24-26(27,22(17)23(20)34-24)14-28(21)13-15-2-3-15;21-12-4-3-11-7-14-19(23)6-5-13(22)17-18(19,15(11)16(12)24-17)9-20(14)8-10-1-2-10;2-1-4-3;/h4-9,15,21,24,31H,2-3,10-14H2,1H3;3-4,10,14,17,21,23H,1-2,5-9H2;1,3H;/q;;;+1/p-1/t21-,24?,26+,27-;14-,17?,18+,19-;;/m11../s1. The normalized spacial score (nSPS) is 34.1. The Hall–Kier alpha value is -4.06. The number of phenols is 1. The van der Waals surface area contributed by atoms with Crippen LogP contribution in [0.2, 0.25) is 0 Å². The number of ketones is 2. The summed E-state index contributed by atoms with van der Waals surface area (Å²) in [6, 6.07) is 14.1. The van der Waals surface area contributed by atoms with Crippen LogP contribution in [0.1, 0.15) is 84.0 Å². The van der Waals surface area contributed by atoms with Crippen LogP contribution in [-0.2, 0) is 42.9 Å². The Balaban J connectivity index is 0.000000142. The predicted octanol–water partition coefficient (Wildman–Crippen LogP) is -0.768. The molecule has 6 fully saturated rings. The van der Waals surface area contributed by atoms with Crippen molar-refractivity contribution < 1.29 is 93.1 Å². The molecule has 3 aromatic rings. The minimum absolute atomic E-state index is 0. The Kier molecular flexibility index (Phi) is 10.4. The van der Waals surface area contributed by atoms with Gasteiger partial charge in [0, 0.05) is 62.2 Å². The second-order valence-corrected chi connectivity index (χ2v) is 19.1. The largest absolute Gasteiger partial charge is 1.00 e. The molecule has 15 nitrogen and oxygen atoms in total. The summed E-state index contributed by atoms with van der Waals surface area (Å²) in [6.45, 7) is 3.06. The van der Waals surface area contributed by atoms with E-state index in [1.807, 2.05) is 12.1 Å². The van der Waals surface area contributed by atoms with E-state index in [0.717, 1.165) is 47.7 Å². The van der Waals surface area contributed by atoms with Crippen molar-refractivity contribution in [1.29, 1.82) is 0 Å². The molecule has 10 aliphatic rings. The van der Waals surface area contributed by atoms with Crippen LogP contribution in [0.3, 0.4) is 0 Å². The fourth-order valence-electron chi connectivity index (χ4n) is 13.0. The van der Waals surface area contributed by atoms with Gasteiger partial charge in [0.05, 0.1) is 34.7 Å². The quantitative estimate of drug-likeness (QED) is 0.0636. The van der Waals surface area contributed by atoms with Crippen LogP contribution in [-0.4, -0.2) is 118 Å². The predicted molar refractivity (Wildman–Crippen MR) is 214 cm³/mol. The first kappa shape index (κ1) is 42.9. The topological polar surface area (TPSA) is 205 Å². The molecule has 3 N–H and O–H groups in total. The van der Waals surface area contributed by atoms with E-state index in [4.69, 9.17) is 29.0 Å². The maximum Gasteiger partial charge on any atom is 1.00 e. The number of carbonyl (C=O) groups is 4. The summed E-state index contributed by atoms with van der Waals surface area (Å²) in [5.74, 6) is 2.93. The molecule has 2 unspecified atom stereocenters. The van der Waals surface area contributed by atoms with Gasteiger partial charge in [0.1, 0.15) is 5.75 Å². The van der Waals surface area contributed by atoms with Crippen LogP contribution in [0, 0.1) is 11.8 Å². The maximum absolute atomic E-state index is 13.1. The molecule has 4 heterocycles. The van der Waals surface area contributed by atoms with Crippen molar-refractivity contribution in [1.82, 2.24) is 9.80 Å². The van der Waals surface area contributed by atoms with Crippen molar-refractivity contribution in [2.24, 2.45) is 11.8 Å². The van der Waals surface area contributed by atoms with Gasteiger partial charge < -0.3 is 44.4 Å². The van der Waals surface area contributed by atoms with E-state index in [2.05, 4.69) is 14.7 Å². The molecular formula is C47H49N2NaO13. The number of ether oxygens (including phenoxy) is 4. The summed E-state index contributed by atoms with van der Waals surface area (Å²) in [5.41, 5.74) is 0.974. The maximum atomic E-state index is 13.1. The van der Waals surface area contributed by atoms with Gasteiger partial charge in [-0.2, -0.15) is 0 Å². The molecule has 13 rings (SSSR count). The molecule has 8 atom stereocenters. The van der Waals surface area contributed by atoms with Gasteiger partial charge in [-0.25, -0.2) is 4.79 Å². The van der Waals surface area contributed by atoms with Gasteiger partial charge in [-0.3, -0.25) is 24.2 Å². The Morgan fingerprint density at radius 3 is 1.78 bits per heavy atom. The first-order valence-electron chi connectivity index (χ1n) is 21.8. The number of aliphatic hydroxyl groups is 2. The summed E-state index contributed by atoms with van der Waals surface area (Å²) < 4.78 is 23.3. The molecule has 326 valence electrons. The Morgan fingerprint density at radius 2 is 1.29 bits per heavy atom. The number of Topliss-reactive ketones (excluding diaryl/α,β-unsaturated/α-hetero) is 2. The average Bonchev–Trinajstić information content (AvgIpc) is 4.19. The van der Waals surface area contributed by atoms with Crippen LogP contribution in [0.25, 0.3) is 0 Å². The number of phenolic OH excluding ortho intramolecular Hbond substituents is 1. The number of methoxy groups -OCH3 is 1. The summed E-state index contributed by atoms with van der Waals surface area (Å²) >= 11 is 0. The summed E-state index contributed by atoms with van der Waals surface area (Å²) in [6.07, 6.45) is 6.73. The Labute approximate surface area is 385 Å². The molecule has 4 aliphatic heterocycles. The third-order valence-corrected chi connectivity index (χ3v) is 16.0. The molecule has 2 saturated heterocycles. The smallest absolute Gasteiger partial charge is 0.662 e. The molecule has 6 aliphatic carbocycles.